The summed E-state index contributed by atoms with van der Waals surface area (Å²) in [4.78, 5) is 13.1. The molecule has 0 spiro atoms. The number of anilines is 1. The highest BCUT2D eigenvalue weighted by atomic mass is 16.5. The van der Waals surface area contributed by atoms with Crippen LogP contribution in [-0.2, 0) is 14.1 Å². The van der Waals surface area contributed by atoms with Gasteiger partial charge in [-0.05, 0) is 42.5 Å². The Balaban J connectivity index is 1.56. The topological polar surface area (TPSA) is 70.3 Å². The fourth-order valence-corrected chi connectivity index (χ4v) is 4.21. The van der Waals surface area contributed by atoms with Crippen LogP contribution in [0.5, 0.6) is 11.5 Å². The number of rotatable bonds is 5. The van der Waals surface area contributed by atoms with E-state index in [1.165, 1.54) is 0 Å². The molecule has 0 aliphatic rings. The van der Waals surface area contributed by atoms with E-state index in [1.54, 1.807) is 38.5 Å². The highest BCUT2D eigenvalue weighted by Crippen LogP contribution is 2.33. The minimum absolute atomic E-state index is 0.229. The minimum Gasteiger partial charge on any atom is -0.497 e. The first-order valence-corrected chi connectivity index (χ1v) is 10.5. The third-order valence-electron chi connectivity index (χ3n) is 5.96. The molecule has 2 heterocycles. The first-order valence-electron chi connectivity index (χ1n) is 10.5. The number of hydrogen-bond donors (Lipinski definition) is 1. The Morgan fingerprint density at radius 3 is 2.48 bits per heavy atom. The summed E-state index contributed by atoms with van der Waals surface area (Å²) in [5.41, 5.74) is 5.02. The first-order chi connectivity index (χ1) is 16.0. The lowest BCUT2D eigenvalue weighted by Gasteiger charge is -2.12. The maximum atomic E-state index is 13.1. The summed E-state index contributed by atoms with van der Waals surface area (Å²) in [7, 11) is 7.09. The van der Waals surface area contributed by atoms with Crippen molar-refractivity contribution >= 4 is 33.4 Å². The van der Waals surface area contributed by atoms with Crippen molar-refractivity contribution in [1.29, 1.82) is 0 Å². The molecule has 0 fully saturated rings. The van der Waals surface area contributed by atoms with Crippen LogP contribution in [0.4, 0.5) is 5.69 Å². The van der Waals surface area contributed by atoms with Crippen molar-refractivity contribution in [2.45, 2.75) is 0 Å². The zero-order valence-corrected chi connectivity index (χ0v) is 18.9. The number of para-hydroxylation sites is 1. The molecule has 7 nitrogen and oxygen atoms in total. The van der Waals surface area contributed by atoms with Gasteiger partial charge < -0.3 is 19.4 Å². The van der Waals surface area contributed by atoms with Gasteiger partial charge in [0.05, 0.1) is 31.1 Å². The number of nitrogens with one attached hydrogen (secondary N) is 1. The molecule has 0 bridgehead atoms. The Bertz CT molecular complexity index is 1510. The number of amides is 1. The number of carbonyl (C=O) groups is 1. The molecule has 166 valence electrons. The number of methoxy groups -OCH3 is 2. The highest BCUT2D eigenvalue weighted by Gasteiger charge is 2.18. The van der Waals surface area contributed by atoms with E-state index >= 15 is 0 Å². The van der Waals surface area contributed by atoms with E-state index in [9.17, 15) is 4.79 Å². The summed E-state index contributed by atoms with van der Waals surface area (Å²) in [5.74, 6) is 0.954. The zero-order valence-electron chi connectivity index (χ0n) is 18.9. The summed E-state index contributed by atoms with van der Waals surface area (Å²) in [5, 5.41) is 9.78. The van der Waals surface area contributed by atoms with Crippen molar-refractivity contribution in [2.75, 3.05) is 19.5 Å². The van der Waals surface area contributed by atoms with Gasteiger partial charge in [0.1, 0.15) is 17.2 Å². The predicted octanol–water partition coefficient (Wildman–Crippen LogP) is 5.00. The van der Waals surface area contributed by atoms with Crippen LogP contribution in [-0.4, -0.2) is 34.5 Å². The quantitative estimate of drug-likeness (QED) is 0.417. The van der Waals surface area contributed by atoms with Gasteiger partial charge in [-0.15, -0.1) is 0 Å². The Labute approximate surface area is 191 Å². The molecular weight excluding hydrogens is 416 g/mol. The van der Waals surface area contributed by atoms with Crippen LogP contribution in [0.15, 0.2) is 66.7 Å². The molecule has 0 saturated heterocycles. The number of ether oxygens (including phenoxy) is 2. The zero-order chi connectivity index (χ0) is 23.1. The van der Waals surface area contributed by atoms with Gasteiger partial charge in [0.15, 0.2) is 0 Å². The number of fused-ring (bicyclic) bond motifs is 2. The van der Waals surface area contributed by atoms with Crippen LogP contribution in [0, 0.1) is 0 Å². The molecule has 0 unspecified atom stereocenters. The average Bonchev–Trinajstić information content (AvgIpc) is 3.35. The summed E-state index contributed by atoms with van der Waals surface area (Å²) in [6.45, 7) is 0. The summed E-state index contributed by atoms with van der Waals surface area (Å²) in [6, 6.07) is 21.3. The van der Waals surface area contributed by atoms with Gasteiger partial charge in [-0.1, -0.05) is 18.2 Å². The standard InChI is InChI=1S/C26H24N4O3/c1-29-21-8-6-5-7-16(21)14-23(29)25-19-13-17(9-12-22(19)30(2)28-25)26(31)27-20-11-10-18(32-3)15-24(20)33-4/h5-15H,1-4H3,(H,27,31). The van der Waals surface area contributed by atoms with Gasteiger partial charge in [0, 0.05) is 42.0 Å². The number of benzene rings is 3. The van der Waals surface area contributed by atoms with Crippen LogP contribution < -0.4 is 14.8 Å². The van der Waals surface area contributed by atoms with E-state index in [-0.39, 0.29) is 5.91 Å². The summed E-state index contributed by atoms with van der Waals surface area (Å²) < 4.78 is 14.6. The molecule has 0 atom stereocenters. The molecule has 3 aromatic carbocycles. The molecule has 1 N–H and O–H groups in total. The fourth-order valence-electron chi connectivity index (χ4n) is 4.21. The van der Waals surface area contributed by atoms with E-state index in [4.69, 9.17) is 14.6 Å². The van der Waals surface area contributed by atoms with Crippen LogP contribution in [0.2, 0.25) is 0 Å². The maximum Gasteiger partial charge on any atom is 0.255 e. The van der Waals surface area contributed by atoms with Crippen LogP contribution in [0.3, 0.4) is 0 Å². The van der Waals surface area contributed by atoms with Crippen molar-refractivity contribution in [2.24, 2.45) is 14.1 Å². The number of hydrogen-bond acceptors (Lipinski definition) is 4. The number of aromatic nitrogens is 3. The molecule has 5 aromatic rings. The molecule has 1 amide bonds. The molecule has 0 radical (unpaired) electrons. The third kappa shape index (κ3) is 3.47. The summed E-state index contributed by atoms with van der Waals surface area (Å²) >= 11 is 0. The van der Waals surface area contributed by atoms with Gasteiger partial charge in [0.2, 0.25) is 0 Å². The maximum absolute atomic E-state index is 13.1. The number of carbonyl (C=O) groups excluding carboxylic acids is 1. The summed E-state index contributed by atoms with van der Waals surface area (Å²) in [6.07, 6.45) is 0. The Morgan fingerprint density at radius 2 is 1.73 bits per heavy atom. The second-order valence-corrected chi connectivity index (χ2v) is 7.87. The molecule has 0 saturated carbocycles. The smallest absolute Gasteiger partial charge is 0.255 e. The molecule has 2 aromatic heterocycles. The molecule has 5 rings (SSSR count). The Kier molecular flexibility index (Phi) is 5.01. The SMILES string of the molecule is COc1ccc(NC(=O)c2ccc3c(c2)c(-c2cc4ccccc4n2C)nn3C)c(OC)c1. The van der Waals surface area contributed by atoms with Crippen molar-refractivity contribution in [3.05, 3.63) is 72.3 Å². The molecule has 33 heavy (non-hydrogen) atoms. The van der Waals surface area contributed by atoms with Crippen LogP contribution in [0.25, 0.3) is 33.2 Å². The Hall–Kier alpha value is -4.26. The van der Waals surface area contributed by atoms with Crippen molar-refractivity contribution in [1.82, 2.24) is 14.3 Å². The van der Waals surface area contributed by atoms with Crippen LogP contribution >= 0.6 is 0 Å². The third-order valence-corrected chi connectivity index (χ3v) is 5.96. The normalized spacial score (nSPS) is 11.2. The van der Waals surface area contributed by atoms with Gasteiger partial charge >= 0.3 is 0 Å². The van der Waals surface area contributed by atoms with E-state index in [1.807, 2.05) is 43.0 Å². The molecular formula is C26H24N4O3. The van der Waals surface area contributed by atoms with E-state index < -0.39 is 0 Å². The van der Waals surface area contributed by atoms with E-state index in [2.05, 4.69) is 28.1 Å². The predicted molar refractivity (Wildman–Crippen MR) is 130 cm³/mol. The lowest BCUT2D eigenvalue weighted by Crippen LogP contribution is -2.12. The lowest BCUT2D eigenvalue weighted by molar-refractivity contribution is 0.102. The largest absolute Gasteiger partial charge is 0.497 e. The fraction of sp³-hybridized carbons (Fsp3) is 0.154. The first kappa shape index (κ1) is 20.6. The van der Waals surface area contributed by atoms with Gasteiger partial charge in [0.25, 0.3) is 5.91 Å². The van der Waals surface area contributed by atoms with Gasteiger partial charge in [-0.25, -0.2) is 0 Å². The van der Waals surface area contributed by atoms with Gasteiger partial charge in [-0.2, -0.15) is 5.10 Å². The highest BCUT2D eigenvalue weighted by molar-refractivity contribution is 6.08. The van der Waals surface area contributed by atoms with Crippen molar-refractivity contribution in [3.8, 4) is 22.9 Å². The van der Waals surface area contributed by atoms with Gasteiger partial charge in [-0.3, -0.25) is 9.48 Å². The average molecular weight is 441 g/mol. The second kappa shape index (κ2) is 8.02. The monoisotopic (exact) mass is 440 g/mol. The Morgan fingerprint density at radius 1 is 0.909 bits per heavy atom. The minimum atomic E-state index is -0.229. The van der Waals surface area contributed by atoms with Crippen LogP contribution in [0.1, 0.15) is 10.4 Å². The number of aryl methyl sites for hydroxylation is 2. The van der Waals surface area contributed by atoms with E-state index in [0.29, 0.717) is 22.7 Å². The molecule has 0 aliphatic heterocycles. The lowest BCUT2D eigenvalue weighted by atomic mass is 10.1. The van der Waals surface area contributed by atoms with E-state index in [0.717, 1.165) is 33.2 Å². The number of nitrogens with zero attached hydrogens (tertiary/aromatic N) is 3. The molecule has 7 heteroatoms. The second-order valence-electron chi connectivity index (χ2n) is 7.87. The van der Waals surface area contributed by atoms with Crippen molar-refractivity contribution in [3.63, 3.8) is 0 Å². The van der Waals surface area contributed by atoms with Crippen molar-refractivity contribution < 1.29 is 14.3 Å². The molecule has 0 aliphatic carbocycles.